The zero-order valence-corrected chi connectivity index (χ0v) is 16.6. The number of nitrogens with zero attached hydrogens (tertiary/aromatic N) is 4. The number of fused-ring (bicyclic) bond motifs is 2. The summed E-state index contributed by atoms with van der Waals surface area (Å²) < 4.78 is 1.98. The van der Waals surface area contributed by atoms with Crippen LogP contribution in [0.2, 0.25) is 0 Å². The number of aromatic nitrogens is 1. The lowest BCUT2D eigenvalue weighted by Gasteiger charge is -2.44. The standard InChI is InChI=1S/C22H30N4O2/c1-23-8-10-24(11-9-23)20-12-16-14-25(15-17(16)13-21(20)27)22(28)19-6-5-18-4-2-3-7-26(18)19/h2-7,16-17,20-21,27H,8-15H2,1H3/t16-,17+,20-,21-/m1/s1. The van der Waals surface area contributed by atoms with Gasteiger partial charge in [-0.25, -0.2) is 0 Å². The Bertz CT molecular complexity index is 857. The van der Waals surface area contributed by atoms with Gasteiger partial charge in [-0.15, -0.1) is 0 Å². The number of pyridine rings is 1. The van der Waals surface area contributed by atoms with E-state index in [9.17, 15) is 9.90 Å². The predicted molar refractivity (Wildman–Crippen MR) is 108 cm³/mol. The zero-order valence-electron chi connectivity index (χ0n) is 16.6. The van der Waals surface area contributed by atoms with E-state index in [0.717, 1.165) is 63.3 Å². The van der Waals surface area contributed by atoms with Crippen LogP contribution in [0, 0.1) is 11.8 Å². The minimum absolute atomic E-state index is 0.117. The first kappa shape index (κ1) is 18.2. The minimum Gasteiger partial charge on any atom is -0.391 e. The molecule has 4 atom stereocenters. The number of aliphatic hydroxyl groups excluding tert-OH is 1. The molecule has 2 aromatic rings. The number of amides is 1. The molecule has 0 unspecified atom stereocenters. The van der Waals surface area contributed by atoms with Crippen LogP contribution in [0.15, 0.2) is 36.5 Å². The Hall–Kier alpha value is -1.89. The van der Waals surface area contributed by atoms with Gasteiger partial charge in [0.05, 0.1) is 6.10 Å². The fraction of sp³-hybridized carbons (Fsp3) is 0.591. The molecule has 2 saturated heterocycles. The van der Waals surface area contributed by atoms with Gasteiger partial charge in [-0.2, -0.15) is 0 Å². The molecule has 2 aliphatic heterocycles. The lowest BCUT2D eigenvalue weighted by atomic mass is 9.77. The third-order valence-electron chi connectivity index (χ3n) is 7.19. The molecule has 0 aromatic carbocycles. The minimum atomic E-state index is -0.270. The Kier molecular flexibility index (Phi) is 4.65. The van der Waals surface area contributed by atoms with Gasteiger partial charge in [0, 0.05) is 57.0 Å². The quantitative estimate of drug-likeness (QED) is 0.853. The molecular formula is C22H30N4O2. The van der Waals surface area contributed by atoms with E-state index in [1.807, 2.05) is 45.8 Å². The van der Waals surface area contributed by atoms with Crippen molar-refractivity contribution in [2.24, 2.45) is 11.8 Å². The van der Waals surface area contributed by atoms with Gasteiger partial charge in [0.25, 0.3) is 5.91 Å². The molecule has 1 N–H and O–H groups in total. The number of carbonyl (C=O) groups excluding carboxylic acids is 1. The molecule has 5 rings (SSSR count). The van der Waals surface area contributed by atoms with Crippen molar-refractivity contribution >= 4 is 11.4 Å². The smallest absolute Gasteiger partial charge is 0.270 e. The van der Waals surface area contributed by atoms with Gasteiger partial charge < -0.3 is 19.3 Å². The van der Waals surface area contributed by atoms with Crippen LogP contribution in [-0.4, -0.2) is 88.6 Å². The van der Waals surface area contributed by atoms with Crippen LogP contribution in [0.3, 0.4) is 0 Å². The highest BCUT2D eigenvalue weighted by Gasteiger charge is 2.45. The maximum Gasteiger partial charge on any atom is 0.270 e. The zero-order chi connectivity index (χ0) is 19.3. The molecule has 0 spiro atoms. The maximum atomic E-state index is 13.2. The van der Waals surface area contributed by atoms with Crippen molar-refractivity contribution in [1.29, 1.82) is 0 Å². The lowest BCUT2D eigenvalue weighted by Crippen LogP contribution is -2.55. The number of hydrogen-bond donors (Lipinski definition) is 1. The molecule has 1 saturated carbocycles. The van der Waals surface area contributed by atoms with Crippen LogP contribution in [0.4, 0.5) is 0 Å². The first-order chi connectivity index (χ1) is 13.6. The molecule has 4 heterocycles. The van der Waals surface area contributed by atoms with E-state index in [4.69, 9.17) is 0 Å². The largest absolute Gasteiger partial charge is 0.391 e. The van der Waals surface area contributed by atoms with Gasteiger partial charge in [0.15, 0.2) is 0 Å². The Balaban J connectivity index is 1.29. The van der Waals surface area contributed by atoms with Crippen LogP contribution in [-0.2, 0) is 0 Å². The average Bonchev–Trinajstić information content (AvgIpc) is 3.31. The normalized spacial score (nSPS) is 32.0. The second-order valence-corrected chi connectivity index (χ2v) is 8.89. The summed E-state index contributed by atoms with van der Waals surface area (Å²) in [5.74, 6) is 1.04. The fourth-order valence-corrected chi connectivity index (χ4v) is 5.51. The summed E-state index contributed by atoms with van der Waals surface area (Å²) in [5, 5.41) is 10.8. The van der Waals surface area contributed by atoms with E-state index in [2.05, 4.69) is 16.8 Å². The second kappa shape index (κ2) is 7.17. The summed E-state index contributed by atoms with van der Waals surface area (Å²) in [6.45, 7) is 5.81. The van der Waals surface area contributed by atoms with E-state index >= 15 is 0 Å². The number of rotatable bonds is 2. The van der Waals surface area contributed by atoms with Gasteiger partial charge in [-0.3, -0.25) is 9.69 Å². The first-order valence-electron chi connectivity index (χ1n) is 10.6. The SMILES string of the molecule is CN1CCN([C@@H]2C[C@@H]3CN(C(=O)c4ccc5ccccn45)C[C@@H]3C[C@H]2O)CC1. The van der Waals surface area contributed by atoms with E-state index in [1.165, 1.54) is 0 Å². The van der Waals surface area contributed by atoms with Crippen molar-refractivity contribution in [1.82, 2.24) is 19.1 Å². The highest BCUT2D eigenvalue weighted by molar-refractivity contribution is 5.94. The monoisotopic (exact) mass is 382 g/mol. The topological polar surface area (TPSA) is 51.4 Å². The maximum absolute atomic E-state index is 13.2. The van der Waals surface area contributed by atoms with E-state index in [1.54, 1.807) is 0 Å². The van der Waals surface area contributed by atoms with Crippen molar-refractivity contribution in [3.8, 4) is 0 Å². The molecule has 150 valence electrons. The van der Waals surface area contributed by atoms with Crippen molar-refractivity contribution in [3.05, 3.63) is 42.2 Å². The Morgan fingerprint density at radius 1 is 1.00 bits per heavy atom. The molecular weight excluding hydrogens is 352 g/mol. The molecule has 2 aromatic heterocycles. The number of likely N-dealkylation sites (N-methyl/N-ethyl adjacent to an activating group) is 1. The highest BCUT2D eigenvalue weighted by atomic mass is 16.3. The average molecular weight is 383 g/mol. The second-order valence-electron chi connectivity index (χ2n) is 8.89. The van der Waals surface area contributed by atoms with Gasteiger partial charge in [0.2, 0.25) is 0 Å². The third-order valence-corrected chi connectivity index (χ3v) is 7.19. The summed E-state index contributed by atoms with van der Waals surface area (Å²) in [7, 11) is 2.16. The van der Waals surface area contributed by atoms with Crippen LogP contribution in [0.1, 0.15) is 23.3 Å². The summed E-state index contributed by atoms with van der Waals surface area (Å²) in [6, 6.07) is 10.2. The Labute approximate surface area is 166 Å². The summed E-state index contributed by atoms with van der Waals surface area (Å²) in [5.41, 5.74) is 1.79. The number of hydrogen-bond acceptors (Lipinski definition) is 4. The molecule has 1 aliphatic carbocycles. The van der Waals surface area contributed by atoms with Crippen molar-refractivity contribution in [2.75, 3.05) is 46.3 Å². The van der Waals surface area contributed by atoms with E-state index in [-0.39, 0.29) is 18.1 Å². The van der Waals surface area contributed by atoms with Crippen LogP contribution < -0.4 is 0 Å². The van der Waals surface area contributed by atoms with Gasteiger partial charge >= 0.3 is 0 Å². The first-order valence-corrected chi connectivity index (χ1v) is 10.6. The molecule has 6 heteroatoms. The molecule has 28 heavy (non-hydrogen) atoms. The summed E-state index contributed by atoms with van der Waals surface area (Å²) >= 11 is 0. The van der Waals surface area contributed by atoms with Crippen molar-refractivity contribution in [3.63, 3.8) is 0 Å². The number of aliphatic hydroxyl groups is 1. The lowest BCUT2D eigenvalue weighted by molar-refractivity contribution is -0.0249. The summed E-state index contributed by atoms with van der Waals surface area (Å²) in [4.78, 5) is 20.0. The third kappa shape index (κ3) is 3.13. The number of likely N-dealkylation sites (tertiary alicyclic amines) is 1. The van der Waals surface area contributed by atoms with E-state index in [0.29, 0.717) is 11.8 Å². The van der Waals surface area contributed by atoms with E-state index < -0.39 is 0 Å². The molecule has 1 amide bonds. The Morgan fingerprint density at radius 3 is 2.54 bits per heavy atom. The molecule has 3 aliphatic rings. The van der Waals surface area contributed by atoms with Crippen LogP contribution in [0.25, 0.3) is 5.52 Å². The van der Waals surface area contributed by atoms with Gasteiger partial charge in [-0.05, 0) is 56.0 Å². The molecule has 0 radical (unpaired) electrons. The van der Waals surface area contributed by atoms with Crippen LogP contribution in [0.5, 0.6) is 0 Å². The van der Waals surface area contributed by atoms with Gasteiger partial charge in [0.1, 0.15) is 5.69 Å². The molecule has 6 nitrogen and oxygen atoms in total. The fourth-order valence-electron chi connectivity index (χ4n) is 5.51. The van der Waals surface area contributed by atoms with Crippen LogP contribution >= 0.6 is 0 Å². The van der Waals surface area contributed by atoms with Gasteiger partial charge in [-0.1, -0.05) is 6.07 Å². The highest BCUT2D eigenvalue weighted by Crippen LogP contribution is 2.39. The van der Waals surface area contributed by atoms with Crippen molar-refractivity contribution in [2.45, 2.75) is 25.0 Å². The van der Waals surface area contributed by atoms with Crippen molar-refractivity contribution < 1.29 is 9.90 Å². The Morgan fingerprint density at radius 2 is 1.75 bits per heavy atom. The number of carbonyl (C=O) groups is 1. The molecule has 3 fully saturated rings. The predicted octanol–water partition coefficient (Wildman–Crippen LogP) is 1.40. The number of piperazine rings is 1. The molecule has 0 bridgehead atoms. The summed E-state index contributed by atoms with van der Waals surface area (Å²) in [6.07, 6.45) is 3.52.